The fraction of sp³-hybridized carbons (Fsp3) is 0.452. The van der Waals surface area contributed by atoms with Crippen molar-refractivity contribution in [2.45, 2.75) is 72.4 Å². The molecule has 1 unspecified atom stereocenters. The number of aliphatic imine (C=N–C) groups is 2. The summed E-state index contributed by atoms with van der Waals surface area (Å²) < 4.78 is 1.98. The Labute approximate surface area is 229 Å². The second-order valence-electron chi connectivity index (χ2n) is 8.87. The van der Waals surface area contributed by atoms with Crippen LogP contribution in [0.4, 0.5) is 0 Å². The summed E-state index contributed by atoms with van der Waals surface area (Å²) in [7, 11) is 0. The molecule has 1 atom stereocenters. The molecule has 2 aliphatic rings. The quantitative estimate of drug-likeness (QED) is 0.276. The molecule has 1 aliphatic carbocycles. The summed E-state index contributed by atoms with van der Waals surface area (Å²) >= 11 is 5.66. The lowest BCUT2D eigenvalue weighted by Gasteiger charge is -2.19. The van der Waals surface area contributed by atoms with E-state index in [0.717, 1.165) is 31.0 Å². The molecule has 1 aromatic heterocycles. The van der Waals surface area contributed by atoms with Gasteiger partial charge >= 0.3 is 0 Å². The maximum absolute atomic E-state index is 5.66. The highest BCUT2D eigenvalue weighted by Gasteiger charge is 2.21. The van der Waals surface area contributed by atoms with Gasteiger partial charge < -0.3 is 4.90 Å². The van der Waals surface area contributed by atoms with E-state index >= 15 is 0 Å². The lowest BCUT2D eigenvalue weighted by Crippen LogP contribution is -2.27. The summed E-state index contributed by atoms with van der Waals surface area (Å²) in [4.78, 5) is 10.9. The van der Waals surface area contributed by atoms with E-state index in [1.807, 2.05) is 49.8 Å². The third-order valence-electron chi connectivity index (χ3n) is 6.26. The summed E-state index contributed by atoms with van der Waals surface area (Å²) in [5.41, 5.74) is 3.83. The van der Waals surface area contributed by atoms with E-state index in [9.17, 15) is 0 Å². The summed E-state index contributed by atoms with van der Waals surface area (Å²) in [5.74, 6) is 0.560. The number of rotatable bonds is 7. The molecule has 0 amide bonds. The van der Waals surface area contributed by atoms with E-state index in [2.05, 4.69) is 64.3 Å². The Hall–Kier alpha value is -2.76. The molecule has 0 radical (unpaired) electrons. The van der Waals surface area contributed by atoms with Gasteiger partial charge in [0.15, 0.2) is 0 Å². The molecule has 2 heterocycles. The predicted molar refractivity (Wildman–Crippen MR) is 161 cm³/mol. The fourth-order valence-corrected chi connectivity index (χ4v) is 4.43. The molecule has 1 aliphatic heterocycles. The highest BCUT2D eigenvalue weighted by Crippen LogP contribution is 2.28. The van der Waals surface area contributed by atoms with Gasteiger partial charge in [0.25, 0.3) is 0 Å². The van der Waals surface area contributed by atoms with Crippen LogP contribution >= 0.6 is 11.6 Å². The van der Waals surface area contributed by atoms with Crippen LogP contribution in [0.2, 0.25) is 0 Å². The van der Waals surface area contributed by atoms with E-state index in [1.165, 1.54) is 42.8 Å². The minimum absolute atomic E-state index is 0.541. The summed E-state index contributed by atoms with van der Waals surface area (Å²) in [6.07, 6.45) is 18.9. The number of allylic oxidation sites excluding steroid dienone is 6. The summed E-state index contributed by atoms with van der Waals surface area (Å²) in [5, 5.41) is 5.65. The average Bonchev–Trinajstić information content (AvgIpc) is 3.10. The van der Waals surface area contributed by atoms with E-state index < -0.39 is 0 Å². The second kappa shape index (κ2) is 18.5. The van der Waals surface area contributed by atoms with Crippen LogP contribution in [0.25, 0.3) is 0 Å². The zero-order valence-electron chi connectivity index (χ0n) is 23.1. The van der Waals surface area contributed by atoms with Crippen molar-refractivity contribution < 1.29 is 0 Å². The molecular formula is C31H44ClN5. The smallest absolute Gasteiger partial charge is 0.133 e. The first-order valence-electron chi connectivity index (χ1n) is 13.6. The molecule has 200 valence electrons. The molecule has 1 fully saturated rings. The molecule has 0 N–H and O–H groups in total. The van der Waals surface area contributed by atoms with Gasteiger partial charge in [-0.3, -0.25) is 4.99 Å². The second-order valence-corrected chi connectivity index (χ2v) is 9.31. The van der Waals surface area contributed by atoms with E-state index in [4.69, 9.17) is 16.7 Å². The van der Waals surface area contributed by atoms with Gasteiger partial charge in [0.2, 0.25) is 0 Å². The lowest BCUT2D eigenvalue weighted by molar-refractivity contribution is 0.287. The Kier molecular flexibility index (Phi) is 15.2. The number of nitrogens with zero attached hydrogens (tertiary/aromatic N) is 5. The number of hydrogen-bond donors (Lipinski definition) is 0. The minimum Gasteiger partial charge on any atom is -0.303 e. The van der Waals surface area contributed by atoms with Gasteiger partial charge in [-0.2, -0.15) is 5.10 Å². The van der Waals surface area contributed by atoms with Gasteiger partial charge in [-0.15, -0.1) is 0 Å². The predicted octanol–water partition coefficient (Wildman–Crippen LogP) is 7.73. The standard InChI is InChI=1S/C22H31N5.C7H7Cl.C2H6/c1-3-23-17-24-18-27-19(2)16-22(25-27)21-10-7-13-26(15-12-21)14-11-20-8-5-4-6-9-20;8-7-5-3-1-2-4-6-7;1-2/h3-6,8-9,16-17,21H,7,10-15,18H2,1-2H3;1-3,5-6H,4H2;1-2H3/b23-3?,24-17-;;. The molecule has 0 spiro atoms. The van der Waals surface area contributed by atoms with Crippen molar-refractivity contribution >= 4 is 24.2 Å². The van der Waals surface area contributed by atoms with Gasteiger partial charge in [0.05, 0.1) is 5.69 Å². The molecule has 6 heteroatoms. The van der Waals surface area contributed by atoms with Gasteiger partial charge in [-0.25, -0.2) is 9.67 Å². The fourth-order valence-electron chi connectivity index (χ4n) is 4.27. The first kappa shape index (κ1) is 30.5. The van der Waals surface area contributed by atoms with Crippen LogP contribution in [-0.2, 0) is 13.1 Å². The molecule has 0 bridgehead atoms. The van der Waals surface area contributed by atoms with Crippen LogP contribution in [0, 0.1) is 6.92 Å². The highest BCUT2D eigenvalue weighted by atomic mass is 35.5. The maximum atomic E-state index is 5.66. The van der Waals surface area contributed by atoms with Gasteiger partial charge in [-0.05, 0) is 76.7 Å². The molecule has 0 saturated carbocycles. The van der Waals surface area contributed by atoms with Crippen molar-refractivity contribution in [1.29, 1.82) is 0 Å². The Morgan fingerprint density at radius 3 is 2.70 bits per heavy atom. The van der Waals surface area contributed by atoms with Crippen molar-refractivity contribution in [2.24, 2.45) is 9.98 Å². The Bertz CT molecular complexity index is 1030. The third-order valence-corrected chi connectivity index (χ3v) is 6.54. The number of benzene rings is 1. The minimum atomic E-state index is 0.541. The maximum Gasteiger partial charge on any atom is 0.133 e. The molecule has 1 aromatic carbocycles. The van der Waals surface area contributed by atoms with Crippen molar-refractivity contribution in [3.63, 3.8) is 0 Å². The molecule has 4 rings (SSSR count). The van der Waals surface area contributed by atoms with Crippen LogP contribution in [0.5, 0.6) is 0 Å². The van der Waals surface area contributed by atoms with E-state index in [-0.39, 0.29) is 0 Å². The first-order valence-corrected chi connectivity index (χ1v) is 14.0. The SMILES string of the molecule is CC.CC=N/C=N\Cn1nc(C2CCCN(CCc3ccccc3)CC2)cc1C.ClC1=CCC=CC=C1. The largest absolute Gasteiger partial charge is 0.303 e. The monoisotopic (exact) mass is 521 g/mol. The number of aryl methyl sites for hydroxylation is 1. The number of likely N-dealkylation sites (tertiary alicyclic amines) is 1. The Morgan fingerprint density at radius 1 is 1.11 bits per heavy atom. The molecular weight excluding hydrogens is 478 g/mol. The Morgan fingerprint density at radius 2 is 1.92 bits per heavy atom. The van der Waals surface area contributed by atoms with Crippen LogP contribution in [0.15, 0.2) is 81.8 Å². The topological polar surface area (TPSA) is 45.8 Å². The number of aromatic nitrogens is 2. The van der Waals surface area contributed by atoms with Crippen LogP contribution in [-0.4, -0.2) is 46.9 Å². The number of halogens is 1. The average molecular weight is 522 g/mol. The molecule has 1 saturated heterocycles. The lowest BCUT2D eigenvalue weighted by atomic mass is 9.97. The Balaban J connectivity index is 0.000000406. The molecule has 37 heavy (non-hydrogen) atoms. The van der Waals surface area contributed by atoms with Gasteiger partial charge in [-0.1, -0.05) is 80.1 Å². The molecule has 5 nitrogen and oxygen atoms in total. The zero-order valence-corrected chi connectivity index (χ0v) is 23.8. The highest BCUT2D eigenvalue weighted by molar-refractivity contribution is 6.31. The van der Waals surface area contributed by atoms with Crippen LogP contribution < -0.4 is 0 Å². The van der Waals surface area contributed by atoms with Crippen LogP contribution in [0.3, 0.4) is 0 Å². The van der Waals surface area contributed by atoms with Gasteiger partial charge in [0.1, 0.15) is 13.0 Å². The third kappa shape index (κ3) is 11.9. The van der Waals surface area contributed by atoms with E-state index in [0.29, 0.717) is 12.6 Å². The van der Waals surface area contributed by atoms with Crippen molar-refractivity contribution in [1.82, 2.24) is 14.7 Å². The van der Waals surface area contributed by atoms with Crippen LogP contribution in [0.1, 0.15) is 69.3 Å². The van der Waals surface area contributed by atoms with Gasteiger partial charge in [0, 0.05) is 29.4 Å². The zero-order chi connectivity index (χ0) is 26.7. The van der Waals surface area contributed by atoms with Crippen molar-refractivity contribution in [3.05, 3.63) is 88.8 Å². The van der Waals surface area contributed by atoms with Crippen molar-refractivity contribution in [2.75, 3.05) is 19.6 Å². The summed E-state index contributed by atoms with van der Waals surface area (Å²) in [6, 6.07) is 13.0. The molecule has 2 aromatic rings. The summed E-state index contributed by atoms with van der Waals surface area (Å²) in [6.45, 7) is 12.0. The normalized spacial score (nSPS) is 18.0. The number of hydrogen-bond acceptors (Lipinski definition) is 3. The van der Waals surface area contributed by atoms with Crippen molar-refractivity contribution in [3.8, 4) is 0 Å². The first-order chi connectivity index (χ1) is 18.2. The van der Waals surface area contributed by atoms with E-state index in [1.54, 1.807) is 12.6 Å².